The minimum atomic E-state index is 0.553. The van der Waals surface area contributed by atoms with E-state index in [9.17, 15) is 4.79 Å². The molecule has 0 aliphatic rings. The summed E-state index contributed by atoms with van der Waals surface area (Å²) in [5, 5.41) is 1.55. The number of aromatic nitrogens is 3. The van der Waals surface area contributed by atoms with E-state index in [4.69, 9.17) is 11.6 Å². The highest BCUT2D eigenvalue weighted by atomic mass is 35.5. The molecule has 3 aromatic heterocycles. The quantitative estimate of drug-likeness (QED) is 0.692. The zero-order valence-electron chi connectivity index (χ0n) is 10.6. The lowest BCUT2D eigenvalue weighted by Crippen LogP contribution is -1.93. The first-order chi connectivity index (χ1) is 9.74. The van der Waals surface area contributed by atoms with Gasteiger partial charge in [-0.05, 0) is 36.2 Å². The number of hydrogen-bond acceptors (Lipinski definition) is 4. The van der Waals surface area contributed by atoms with Gasteiger partial charge in [0.1, 0.15) is 0 Å². The molecule has 0 unspecified atom stereocenters. The van der Waals surface area contributed by atoms with Crippen molar-refractivity contribution in [3.05, 3.63) is 47.2 Å². The van der Waals surface area contributed by atoms with Gasteiger partial charge in [0, 0.05) is 29.6 Å². The van der Waals surface area contributed by atoms with E-state index in [1.54, 1.807) is 24.5 Å². The molecule has 0 spiro atoms. The lowest BCUT2D eigenvalue weighted by Gasteiger charge is -2.05. The molecule has 4 nitrogen and oxygen atoms in total. The normalized spacial score (nSPS) is 10.9. The summed E-state index contributed by atoms with van der Waals surface area (Å²) in [6, 6.07) is 7.29. The fourth-order valence-electron chi connectivity index (χ4n) is 2.03. The Morgan fingerprint density at radius 3 is 2.80 bits per heavy atom. The van der Waals surface area contributed by atoms with E-state index in [0.29, 0.717) is 10.6 Å². The summed E-state index contributed by atoms with van der Waals surface area (Å²) in [7, 11) is 0. The summed E-state index contributed by atoms with van der Waals surface area (Å²) < 4.78 is 1.98. The third kappa shape index (κ3) is 2.09. The van der Waals surface area contributed by atoms with Gasteiger partial charge >= 0.3 is 0 Å². The fraction of sp³-hybridized carbons (Fsp3) is 0.0714. The Morgan fingerprint density at radius 2 is 2.15 bits per heavy atom. The average molecular weight is 304 g/mol. The Hall–Kier alpha value is -1.85. The maximum Gasteiger partial charge on any atom is 0.152 e. The lowest BCUT2D eigenvalue weighted by atomic mass is 10.2. The van der Waals surface area contributed by atoms with Crippen LogP contribution in [-0.2, 0) is 0 Å². The van der Waals surface area contributed by atoms with Gasteiger partial charge in [0.15, 0.2) is 11.9 Å². The number of pyridine rings is 2. The topological polar surface area (TPSA) is 47.8 Å². The van der Waals surface area contributed by atoms with Gasteiger partial charge in [0.25, 0.3) is 0 Å². The average Bonchev–Trinajstić information content (AvgIpc) is 2.87. The first-order valence-corrected chi connectivity index (χ1v) is 7.42. The lowest BCUT2D eigenvalue weighted by molar-refractivity contribution is 0.112. The van der Waals surface area contributed by atoms with E-state index in [1.165, 1.54) is 11.9 Å². The van der Waals surface area contributed by atoms with Crippen LogP contribution in [0.2, 0.25) is 5.02 Å². The molecule has 3 rings (SSSR count). The molecule has 0 aliphatic heterocycles. The summed E-state index contributed by atoms with van der Waals surface area (Å²) in [6.07, 6.45) is 5.98. The zero-order valence-corrected chi connectivity index (χ0v) is 12.1. The van der Waals surface area contributed by atoms with Crippen molar-refractivity contribution < 1.29 is 4.79 Å². The molecule has 3 aromatic rings. The number of carbonyl (C=O) groups excluding carboxylic acids is 1. The fourth-order valence-corrected chi connectivity index (χ4v) is 2.89. The molecule has 0 saturated carbocycles. The smallest absolute Gasteiger partial charge is 0.152 e. The monoisotopic (exact) mass is 303 g/mol. The number of fused-ring (bicyclic) bond motifs is 1. The van der Waals surface area contributed by atoms with Crippen molar-refractivity contribution in [1.82, 2.24) is 13.9 Å². The first-order valence-electron chi connectivity index (χ1n) is 5.86. The Labute approximate surface area is 124 Å². The number of aldehydes is 1. The highest BCUT2D eigenvalue weighted by molar-refractivity contribution is 7.97. The Kier molecular flexibility index (Phi) is 3.46. The summed E-state index contributed by atoms with van der Waals surface area (Å²) in [5.41, 5.74) is 3.04. The highest BCUT2D eigenvalue weighted by Crippen LogP contribution is 2.32. The Bertz CT molecular complexity index is 783. The number of nitrogens with zero attached hydrogens (tertiary/aromatic N) is 3. The second-order valence-electron chi connectivity index (χ2n) is 4.13. The largest absolute Gasteiger partial charge is 0.298 e. The number of carbonyl (C=O) groups is 1. The molecule has 6 heteroatoms. The van der Waals surface area contributed by atoms with Crippen LogP contribution in [0.5, 0.6) is 0 Å². The molecule has 100 valence electrons. The third-order valence-electron chi connectivity index (χ3n) is 2.98. The van der Waals surface area contributed by atoms with E-state index in [2.05, 4.69) is 9.97 Å². The van der Waals surface area contributed by atoms with Crippen LogP contribution in [0.1, 0.15) is 10.4 Å². The predicted molar refractivity (Wildman–Crippen MR) is 82.3 cm³/mol. The van der Waals surface area contributed by atoms with Gasteiger partial charge in [0.05, 0.1) is 16.4 Å². The van der Waals surface area contributed by atoms with Crippen molar-refractivity contribution in [2.24, 2.45) is 0 Å². The van der Waals surface area contributed by atoms with Gasteiger partial charge in [-0.25, -0.2) is 4.98 Å². The molecular formula is C14H10ClN3OS. The summed E-state index contributed by atoms with van der Waals surface area (Å²) >= 11 is 7.74. The molecule has 0 aliphatic carbocycles. The molecule has 0 saturated heterocycles. The summed E-state index contributed by atoms with van der Waals surface area (Å²) in [4.78, 5) is 19.4. The van der Waals surface area contributed by atoms with Crippen LogP contribution < -0.4 is 0 Å². The number of halogens is 1. The molecule has 0 aromatic carbocycles. The third-order valence-corrected chi connectivity index (χ3v) is 4.04. The van der Waals surface area contributed by atoms with Crippen molar-refractivity contribution in [2.45, 2.75) is 0 Å². The molecule has 0 fully saturated rings. The minimum absolute atomic E-state index is 0.553. The van der Waals surface area contributed by atoms with E-state index >= 15 is 0 Å². The maximum absolute atomic E-state index is 10.7. The van der Waals surface area contributed by atoms with E-state index < -0.39 is 0 Å². The van der Waals surface area contributed by atoms with Crippen LogP contribution in [0.3, 0.4) is 0 Å². The van der Waals surface area contributed by atoms with Gasteiger partial charge in [-0.2, -0.15) is 0 Å². The van der Waals surface area contributed by atoms with Crippen molar-refractivity contribution >= 4 is 40.9 Å². The Balaban J connectivity index is 2.24. The van der Waals surface area contributed by atoms with Crippen LogP contribution in [-0.4, -0.2) is 26.5 Å². The SMILES string of the molecule is CSn1c(-c2ccc(C=O)cn2)cc2c(Cl)ccnc21. The molecular weight excluding hydrogens is 294 g/mol. The van der Waals surface area contributed by atoms with E-state index in [-0.39, 0.29) is 0 Å². The van der Waals surface area contributed by atoms with Gasteiger partial charge in [0.2, 0.25) is 0 Å². The number of rotatable bonds is 3. The standard InChI is InChI=1S/C14H10ClN3OS/c1-20-18-13(12-3-2-9(8-19)7-17-12)6-10-11(15)4-5-16-14(10)18/h2-8H,1H3. The molecule has 0 N–H and O–H groups in total. The highest BCUT2D eigenvalue weighted by Gasteiger charge is 2.14. The van der Waals surface area contributed by atoms with Crippen LogP contribution in [0.25, 0.3) is 22.4 Å². The van der Waals surface area contributed by atoms with Gasteiger partial charge in [-0.15, -0.1) is 0 Å². The molecule has 3 heterocycles. The van der Waals surface area contributed by atoms with Crippen LogP contribution in [0.15, 0.2) is 36.7 Å². The predicted octanol–water partition coefficient (Wildman–Crippen LogP) is 3.69. The van der Waals surface area contributed by atoms with Crippen molar-refractivity contribution in [2.75, 3.05) is 6.26 Å². The van der Waals surface area contributed by atoms with Crippen LogP contribution in [0, 0.1) is 0 Å². The molecule has 0 radical (unpaired) electrons. The minimum Gasteiger partial charge on any atom is -0.298 e. The molecule has 20 heavy (non-hydrogen) atoms. The number of hydrogen-bond donors (Lipinski definition) is 0. The summed E-state index contributed by atoms with van der Waals surface area (Å²) in [5.74, 6) is 0. The maximum atomic E-state index is 10.7. The van der Waals surface area contributed by atoms with Crippen LogP contribution in [0.4, 0.5) is 0 Å². The van der Waals surface area contributed by atoms with Crippen LogP contribution >= 0.6 is 23.5 Å². The molecule has 0 atom stereocenters. The van der Waals surface area contributed by atoms with Gasteiger partial charge in [-0.1, -0.05) is 11.6 Å². The van der Waals surface area contributed by atoms with Crippen molar-refractivity contribution in [3.63, 3.8) is 0 Å². The van der Waals surface area contributed by atoms with Gasteiger partial charge in [-0.3, -0.25) is 13.8 Å². The van der Waals surface area contributed by atoms with E-state index in [0.717, 1.165) is 28.7 Å². The van der Waals surface area contributed by atoms with Crippen molar-refractivity contribution in [3.8, 4) is 11.4 Å². The Morgan fingerprint density at radius 1 is 1.30 bits per heavy atom. The van der Waals surface area contributed by atoms with Crippen molar-refractivity contribution in [1.29, 1.82) is 0 Å². The molecule has 0 bridgehead atoms. The zero-order chi connectivity index (χ0) is 14.1. The first kappa shape index (κ1) is 13.1. The van der Waals surface area contributed by atoms with E-state index in [1.807, 2.05) is 22.4 Å². The summed E-state index contributed by atoms with van der Waals surface area (Å²) in [6.45, 7) is 0. The molecule has 0 amide bonds. The van der Waals surface area contributed by atoms with Gasteiger partial charge < -0.3 is 0 Å². The second-order valence-corrected chi connectivity index (χ2v) is 5.27. The second kappa shape index (κ2) is 5.26.